The van der Waals surface area contributed by atoms with Crippen LogP contribution in [0.3, 0.4) is 0 Å². The van der Waals surface area contributed by atoms with Gasteiger partial charge in [-0.25, -0.2) is 4.98 Å². The summed E-state index contributed by atoms with van der Waals surface area (Å²) in [4.78, 5) is 15.6. The number of hydrogen-bond acceptors (Lipinski definition) is 3. The lowest BCUT2D eigenvalue weighted by Crippen LogP contribution is -2.21. The fraction of sp³-hybridized carbons (Fsp3) is 0.391. The number of amides is 1. The average molecular weight is 380 g/mol. The maximum Gasteiger partial charge on any atom is 0.207 e. The fourth-order valence-corrected chi connectivity index (χ4v) is 3.38. The molecule has 3 aromatic rings. The van der Waals surface area contributed by atoms with Gasteiger partial charge in [0.15, 0.2) is 0 Å². The average Bonchev–Trinajstić information content (AvgIpc) is 3.10. The first-order valence-electron chi connectivity index (χ1n) is 10.0. The summed E-state index contributed by atoms with van der Waals surface area (Å²) < 4.78 is 8.10. The molecule has 5 nitrogen and oxygen atoms in total. The van der Waals surface area contributed by atoms with Crippen molar-refractivity contribution in [3.05, 3.63) is 59.9 Å². The molecule has 2 atom stereocenters. The Morgan fingerprint density at radius 1 is 1.14 bits per heavy atom. The van der Waals surface area contributed by atoms with Gasteiger partial charge in [-0.3, -0.25) is 4.79 Å². The monoisotopic (exact) mass is 379 g/mol. The Bertz CT molecular complexity index is 902. The molecule has 0 saturated carbocycles. The second-order valence-electron chi connectivity index (χ2n) is 7.20. The largest absolute Gasteiger partial charge is 0.494 e. The Hall–Kier alpha value is -2.82. The summed E-state index contributed by atoms with van der Waals surface area (Å²) in [6, 6.07) is 16.3. The molecule has 0 saturated heterocycles. The highest BCUT2D eigenvalue weighted by Crippen LogP contribution is 2.23. The van der Waals surface area contributed by atoms with Gasteiger partial charge in [0.1, 0.15) is 11.6 Å². The second kappa shape index (κ2) is 9.40. The molecule has 0 aliphatic rings. The van der Waals surface area contributed by atoms with E-state index in [2.05, 4.69) is 54.1 Å². The van der Waals surface area contributed by atoms with Crippen molar-refractivity contribution in [2.24, 2.45) is 0 Å². The number of fused-ring (bicyclic) bond motifs is 1. The van der Waals surface area contributed by atoms with Gasteiger partial charge in [-0.2, -0.15) is 0 Å². The highest BCUT2D eigenvalue weighted by Gasteiger charge is 2.15. The van der Waals surface area contributed by atoms with Gasteiger partial charge >= 0.3 is 0 Å². The number of rotatable bonds is 10. The third-order valence-corrected chi connectivity index (χ3v) is 5.25. The molecule has 1 amide bonds. The molecule has 1 aromatic heterocycles. The van der Waals surface area contributed by atoms with Gasteiger partial charge in [0.2, 0.25) is 6.41 Å². The smallest absolute Gasteiger partial charge is 0.207 e. The Kier molecular flexibility index (Phi) is 6.69. The van der Waals surface area contributed by atoms with Gasteiger partial charge in [-0.05, 0) is 55.5 Å². The van der Waals surface area contributed by atoms with Gasteiger partial charge in [0.05, 0.1) is 23.7 Å². The first-order valence-corrected chi connectivity index (χ1v) is 10.0. The molecule has 0 fully saturated rings. The van der Waals surface area contributed by atoms with E-state index in [0.717, 1.165) is 48.4 Å². The number of nitrogens with zero attached hydrogens (tertiary/aromatic N) is 2. The van der Waals surface area contributed by atoms with E-state index in [1.54, 1.807) is 0 Å². The molecule has 2 aromatic carbocycles. The third kappa shape index (κ3) is 4.53. The van der Waals surface area contributed by atoms with Crippen LogP contribution >= 0.6 is 0 Å². The molecule has 5 heteroatoms. The van der Waals surface area contributed by atoms with Crippen LogP contribution in [0.4, 0.5) is 0 Å². The Morgan fingerprint density at radius 2 is 1.89 bits per heavy atom. The van der Waals surface area contributed by atoms with Crippen LogP contribution in [0.2, 0.25) is 0 Å². The molecule has 28 heavy (non-hydrogen) atoms. The third-order valence-electron chi connectivity index (χ3n) is 5.25. The first kappa shape index (κ1) is 19.9. The van der Waals surface area contributed by atoms with Crippen LogP contribution in [0, 0.1) is 0 Å². The number of imidazole rings is 1. The molecule has 3 rings (SSSR count). The van der Waals surface area contributed by atoms with E-state index in [4.69, 9.17) is 9.72 Å². The number of nitrogens with one attached hydrogen (secondary N) is 1. The first-order chi connectivity index (χ1) is 13.6. The zero-order valence-electron chi connectivity index (χ0n) is 16.9. The fourth-order valence-electron chi connectivity index (χ4n) is 3.38. The zero-order valence-corrected chi connectivity index (χ0v) is 16.9. The molecular weight excluding hydrogens is 350 g/mol. The number of benzene rings is 2. The van der Waals surface area contributed by atoms with Crippen LogP contribution < -0.4 is 10.1 Å². The standard InChI is InChI=1S/C23H29N3O2/c1-4-17(2)19-10-12-20(13-11-19)28-15-7-14-26-22-9-6-5-8-21(22)25-23(26)18(3)24-16-27/h5-6,8-13,16-18H,4,7,14-15H2,1-3H3,(H,24,27). The molecule has 148 valence electrons. The maximum absolute atomic E-state index is 10.8. The van der Waals surface area contributed by atoms with Crippen molar-refractivity contribution in [3.63, 3.8) is 0 Å². The minimum absolute atomic E-state index is 0.140. The molecule has 2 unspecified atom stereocenters. The van der Waals surface area contributed by atoms with E-state index >= 15 is 0 Å². The molecule has 1 N–H and O–H groups in total. The molecule has 0 radical (unpaired) electrons. The van der Waals surface area contributed by atoms with Gasteiger partial charge in [-0.15, -0.1) is 0 Å². The summed E-state index contributed by atoms with van der Waals surface area (Å²) in [6.45, 7) is 7.80. The minimum Gasteiger partial charge on any atom is -0.494 e. The Labute approximate surface area is 166 Å². The normalized spacial score (nSPS) is 13.2. The van der Waals surface area contributed by atoms with Gasteiger partial charge in [0.25, 0.3) is 0 Å². The Morgan fingerprint density at radius 3 is 2.61 bits per heavy atom. The Balaban J connectivity index is 1.63. The molecule has 1 heterocycles. The number of aromatic nitrogens is 2. The van der Waals surface area contributed by atoms with Crippen molar-refractivity contribution in [3.8, 4) is 5.75 Å². The topological polar surface area (TPSA) is 56.1 Å². The van der Waals surface area contributed by atoms with Crippen LogP contribution in [0.25, 0.3) is 11.0 Å². The highest BCUT2D eigenvalue weighted by atomic mass is 16.5. The summed E-state index contributed by atoms with van der Waals surface area (Å²) in [6.07, 6.45) is 2.72. The van der Waals surface area contributed by atoms with Gasteiger partial charge in [-0.1, -0.05) is 38.1 Å². The van der Waals surface area contributed by atoms with E-state index in [9.17, 15) is 4.79 Å². The number of ether oxygens (including phenoxy) is 1. The number of hydrogen-bond donors (Lipinski definition) is 1. The van der Waals surface area contributed by atoms with Crippen molar-refractivity contribution in [2.45, 2.75) is 52.1 Å². The van der Waals surface area contributed by atoms with Crippen molar-refractivity contribution >= 4 is 17.4 Å². The van der Waals surface area contributed by atoms with E-state index in [1.165, 1.54) is 5.56 Å². The van der Waals surface area contributed by atoms with E-state index in [1.807, 2.05) is 25.1 Å². The lowest BCUT2D eigenvalue weighted by Gasteiger charge is -2.14. The van der Waals surface area contributed by atoms with Crippen molar-refractivity contribution in [2.75, 3.05) is 6.61 Å². The number of carbonyl (C=O) groups excluding carboxylic acids is 1. The van der Waals surface area contributed by atoms with E-state index < -0.39 is 0 Å². The van der Waals surface area contributed by atoms with Crippen molar-refractivity contribution in [1.29, 1.82) is 0 Å². The number of carbonyl (C=O) groups is 1. The molecular formula is C23H29N3O2. The predicted octanol–water partition coefficient (Wildman–Crippen LogP) is 4.83. The van der Waals surface area contributed by atoms with Crippen LogP contribution in [0.5, 0.6) is 5.75 Å². The van der Waals surface area contributed by atoms with Crippen LogP contribution in [-0.4, -0.2) is 22.6 Å². The quantitative estimate of drug-likeness (QED) is 0.406. The maximum atomic E-state index is 10.8. The predicted molar refractivity (Wildman–Crippen MR) is 113 cm³/mol. The second-order valence-corrected chi connectivity index (χ2v) is 7.20. The number of para-hydroxylation sites is 2. The lowest BCUT2D eigenvalue weighted by atomic mass is 9.99. The molecule has 0 aliphatic carbocycles. The van der Waals surface area contributed by atoms with E-state index in [-0.39, 0.29) is 6.04 Å². The van der Waals surface area contributed by atoms with E-state index in [0.29, 0.717) is 12.5 Å². The summed E-state index contributed by atoms with van der Waals surface area (Å²) in [5.41, 5.74) is 3.37. The number of aryl methyl sites for hydroxylation is 1. The van der Waals surface area contributed by atoms with Crippen molar-refractivity contribution < 1.29 is 9.53 Å². The van der Waals surface area contributed by atoms with Crippen LogP contribution in [0.1, 0.15) is 57.0 Å². The summed E-state index contributed by atoms with van der Waals surface area (Å²) >= 11 is 0. The van der Waals surface area contributed by atoms with Gasteiger partial charge in [0, 0.05) is 6.54 Å². The van der Waals surface area contributed by atoms with Gasteiger partial charge < -0.3 is 14.6 Å². The van der Waals surface area contributed by atoms with Crippen LogP contribution in [0.15, 0.2) is 48.5 Å². The highest BCUT2D eigenvalue weighted by molar-refractivity contribution is 5.76. The molecule has 0 aliphatic heterocycles. The minimum atomic E-state index is -0.140. The summed E-state index contributed by atoms with van der Waals surface area (Å²) in [7, 11) is 0. The summed E-state index contributed by atoms with van der Waals surface area (Å²) in [5.74, 6) is 2.34. The van der Waals surface area contributed by atoms with Crippen molar-refractivity contribution in [1.82, 2.24) is 14.9 Å². The zero-order chi connectivity index (χ0) is 19.9. The molecule has 0 spiro atoms. The lowest BCUT2D eigenvalue weighted by molar-refractivity contribution is -0.110. The SMILES string of the molecule is CCC(C)c1ccc(OCCCn2c(C(C)NC=O)nc3ccccc32)cc1. The molecule has 0 bridgehead atoms. The van der Waals surface area contributed by atoms with Crippen LogP contribution in [-0.2, 0) is 11.3 Å². The summed E-state index contributed by atoms with van der Waals surface area (Å²) in [5, 5.41) is 2.80.